The molecule has 0 bridgehead atoms. The molecule has 18 heavy (non-hydrogen) atoms. The van der Waals surface area contributed by atoms with E-state index in [9.17, 15) is 9.59 Å². The van der Waals surface area contributed by atoms with Gasteiger partial charge in [0.2, 0.25) is 0 Å². The highest BCUT2D eigenvalue weighted by molar-refractivity contribution is 5.81. The van der Waals surface area contributed by atoms with Crippen molar-refractivity contribution >= 4 is 12.1 Å². The first-order valence-electron chi connectivity index (χ1n) is 5.82. The van der Waals surface area contributed by atoms with E-state index in [1.807, 2.05) is 0 Å². The molecule has 0 radical (unpaired) electrons. The molecule has 1 saturated carbocycles. The second-order valence-electron chi connectivity index (χ2n) is 4.88. The highest BCUT2D eigenvalue weighted by atomic mass is 16.5. The number of nitrogens with zero attached hydrogens (tertiary/aromatic N) is 1. The first kappa shape index (κ1) is 13.1. The number of aliphatic carboxylic acids is 1. The molecule has 102 valence electrons. The van der Waals surface area contributed by atoms with E-state index in [1.165, 1.54) is 0 Å². The lowest BCUT2D eigenvalue weighted by atomic mass is 10.0. The molecule has 1 aliphatic heterocycles. The molecule has 3 atom stereocenters. The Kier molecular flexibility index (Phi) is 3.45. The Morgan fingerprint density at radius 2 is 2.06 bits per heavy atom. The SMILES string of the molecule is COCCOC[C@@]12C[C@@H](C(=O)O)N(C(=O)O)[C@@H]1C2. The first-order chi connectivity index (χ1) is 8.52. The lowest BCUT2D eigenvalue weighted by Gasteiger charge is -2.20. The molecule has 0 unspecified atom stereocenters. The summed E-state index contributed by atoms with van der Waals surface area (Å²) in [6, 6.07) is -1.15. The fourth-order valence-electron chi connectivity index (χ4n) is 2.74. The molecular formula is C11H17NO6. The lowest BCUT2D eigenvalue weighted by molar-refractivity contribution is -0.142. The Labute approximate surface area is 104 Å². The van der Waals surface area contributed by atoms with Crippen LogP contribution in [0.4, 0.5) is 4.79 Å². The van der Waals surface area contributed by atoms with Crippen LogP contribution in [0.15, 0.2) is 0 Å². The minimum absolute atomic E-state index is 0.210. The monoisotopic (exact) mass is 259 g/mol. The number of methoxy groups -OCH3 is 1. The Bertz CT molecular complexity index is 359. The van der Waals surface area contributed by atoms with Gasteiger partial charge in [-0.2, -0.15) is 0 Å². The number of carboxylic acid groups (broad SMARTS) is 2. The first-order valence-corrected chi connectivity index (χ1v) is 5.82. The number of carboxylic acids is 1. The number of hydrogen-bond donors (Lipinski definition) is 2. The van der Waals surface area contributed by atoms with E-state index >= 15 is 0 Å². The van der Waals surface area contributed by atoms with Crippen molar-refractivity contribution in [1.29, 1.82) is 0 Å². The molecule has 2 rings (SSSR count). The van der Waals surface area contributed by atoms with Crippen molar-refractivity contribution in [1.82, 2.24) is 4.90 Å². The van der Waals surface area contributed by atoms with Crippen LogP contribution in [0.25, 0.3) is 0 Å². The molecule has 7 heteroatoms. The number of amides is 1. The van der Waals surface area contributed by atoms with Crippen LogP contribution in [0.2, 0.25) is 0 Å². The number of fused-ring (bicyclic) bond motifs is 1. The Morgan fingerprint density at radius 3 is 2.56 bits per heavy atom. The lowest BCUT2D eigenvalue weighted by Crippen LogP contribution is -2.42. The molecule has 1 saturated heterocycles. The number of piperidine rings is 1. The van der Waals surface area contributed by atoms with Gasteiger partial charge in [0.05, 0.1) is 19.8 Å². The van der Waals surface area contributed by atoms with Gasteiger partial charge in [0.1, 0.15) is 6.04 Å². The zero-order valence-electron chi connectivity index (χ0n) is 10.2. The maximum atomic E-state index is 11.1. The van der Waals surface area contributed by atoms with Crippen molar-refractivity contribution in [3.8, 4) is 0 Å². The van der Waals surface area contributed by atoms with Crippen LogP contribution in [-0.2, 0) is 14.3 Å². The fraction of sp³-hybridized carbons (Fsp3) is 0.818. The third kappa shape index (κ3) is 2.15. The molecular weight excluding hydrogens is 242 g/mol. The van der Waals surface area contributed by atoms with Crippen LogP contribution in [0, 0.1) is 5.41 Å². The van der Waals surface area contributed by atoms with Crippen LogP contribution >= 0.6 is 0 Å². The number of carbonyl (C=O) groups is 2. The van der Waals surface area contributed by atoms with Crippen LogP contribution < -0.4 is 0 Å². The molecule has 2 N–H and O–H groups in total. The normalized spacial score (nSPS) is 33.3. The van der Waals surface area contributed by atoms with E-state index in [0.717, 1.165) is 4.90 Å². The predicted octanol–water partition coefficient (Wildman–Crippen LogP) is 0.245. The fourth-order valence-corrected chi connectivity index (χ4v) is 2.74. The van der Waals surface area contributed by atoms with E-state index in [1.54, 1.807) is 7.11 Å². The predicted molar refractivity (Wildman–Crippen MR) is 59.4 cm³/mol. The van der Waals surface area contributed by atoms with Crippen molar-refractivity contribution < 1.29 is 29.3 Å². The van der Waals surface area contributed by atoms with Gasteiger partial charge in [-0.15, -0.1) is 0 Å². The second kappa shape index (κ2) is 4.74. The highest BCUT2D eigenvalue weighted by Crippen LogP contribution is 2.59. The highest BCUT2D eigenvalue weighted by Gasteiger charge is 2.67. The number of rotatable bonds is 6. The van der Waals surface area contributed by atoms with Gasteiger partial charge in [-0.05, 0) is 12.8 Å². The number of hydrogen-bond acceptors (Lipinski definition) is 4. The van der Waals surface area contributed by atoms with Gasteiger partial charge in [0.15, 0.2) is 0 Å². The maximum absolute atomic E-state index is 11.1. The minimum atomic E-state index is -1.16. The number of likely N-dealkylation sites (tertiary alicyclic amines) is 1. The summed E-state index contributed by atoms with van der Waals surface area (Å²) in [6.07, 6.45) is -0.133. The average molecular weight is 259 g/mol. The zero-order chi connectivity index (χ0) is 13.3. The Morgan fingerprint density at radius 1 is 1.33 bits per heavy atom. The van der Waals surface area contributed by atoms with Gasteiger partial charge < -0.3 is 19.7 Å². The van der Waals surface area contributed by atoms with E-state index in [4.69, 9.17) is 19.7 Å². The van der Waals surface area contributed by atoms with E-state index in [0.29, 0.717) is 32.7 Å². The summed E-state index contributed by atoms with van der Waals surface area (Å²) in [5.41, 5.74) is -0.296. The standard InChI is InChI=1S/C11H17NO6/c1-17-2-3-18-6-11-4-7(9(13)14)12(10(15)16)8(11)5-11/h7-8H,2-6H2,1H3,(H,13,14)(H,15,16)/t7-,8+,11-/m0/s1. The topological polar surface area (TPSA) is 96.3 Å². The summed E-state index contributed by atoms with van der Waals surface area (Å²) >= 11 is 0. The van der Waals surface area contributed by atoms with Crippen molar-refractivity contribution in [3.63, 3.8) is 0 Å². The molecule has 7 nitrogen and oxygen atoms in total. The van der Waals surface area contributed by atoms with E-state index < -0.39 is 18.1 Å². The minimum Gasteiger partial charge on any atom is -0.480 e. The molecule has 2 aliphatic rings. The quantitative estimate of drug-likeness (QED) is 0.663. The molecule has 1 aliphatic carbocycles. The van der Waals surface area contributed by atoms with E-state index in [-0.39, 0.29) is 11.5 Å². The van der Waals surface area contributed by atoms with Gasteiger partial charge in [-0.25, -0.2) is 9.59 Å². The molecule has 0 aromatic heterocycles. The molecule has 0 aromatic carbocycles. The molecule has 0 spiro atoms. The van der Waals surface area contributed by atoms with E-state index in [2.05, 4.69) is 0 Å². The zero-order valence-corrected chi connectivity index (χ0v) is 10.2. The van der Waals surface area contributed by atoms with Crippen molar-refractivity contribution in [2.24, 2.45) is 5.41 Å². The van der Waals surface area contributed by atoms with Crippen molar-refractivity contribution in [2.75, 3.05) is 26.9 Å². The third-order valence-corrected chi connectivity index (χ3v) is 3.75. The Hall–Kier alpha value is -1.34. The molecule has 2 fully saturated rings. The van der Waals surface area contributed by atoms with Gasteiger partial charge in [-0.1, -0.05) is 0 Å². The summed E-state index contributed by atoms with van der Waals surface area (Å²) in [6.45, 7) is 1.32. The summed E-state index contributed by atoms with van der Waals surface area (Å²) in [7, 11) is 1.57. The second-order valence-corrected chi connectivity index (χ2v) is 4.88. The summed E-state index contributed by atoms with van der Waals surface area (Å²) in [5.74, 6) is -1.08. The van der Waals surface area contributed by atoms with Crippen molar-refractivity contribution in [2.45, 2.75) is 24.9 Å². The molecule has 1 heterocycles. The molecule has 1 amide bonds. The number of ether oxygens (including phenoxy) is 2. The average Bonchev–Trinajstić information content (AvgIpc) is 2.89. The van der Waals surface area contributed by atoms with Gasteiger partial charge in [0.25, 0.3) is 0 Å². The van der Waals surface area contributed by atoms with Gasteiger partial charge in [0, 0.05) is 18.6 Å². The van der Waals surface area contributed by atoms with Crippen LogP contribution in [-0.4, -0.2) is 66.2 Å². The summed E-state index contributed by atoms with van der Waals surface area (Å²) < 4.78 is 10.3. The van der Waals surface area contributed by atoms with Crippen molar-refractivity contribution in [3.05, 3.63) is 0 Å². The smallest absolute Gasteiger partial charge is 0.408 e. The van der Waals surface area contributed by atoms with Crippen LogP contribution in [0.3, 0.4) is 0 Å². The van der Waals surface area contributed by atoms with Gasteiger partial charge in [-0.3, -0.25) is 4.90 Å². The van der Waals surface area contributed by atoms with Crippen LogP contribution in [0.5, 0.6) is 0 Å². The van der Waals surface area contributed by atoms with Gasteiger partial charge >= 0.3 is 12.1 Å². The van der Waals surface area contributed by atoms with Crippen LogP contribution in [0.1, 0.15) is 12.8 Å². The third-order valence-electron chi connectivity index (χ3n) is 3.75. The molecule has 0 aromatic rings. The Balaban J connectivity index is 1.94. The summed E-state index contributed by atoms with van der Waals surface area (Å²) in [4.78, 5) is 23.2. The maximum Gasteiger partial charge on any atom is 0.408 e. The largest absolute Gasteiger partial charge is 0.480 e. The summed E-state index contributed by atoms with van der Waals surface area (Å²) in [5, 5.41) is 18.1.